The maximum atomic E-state index is 6.30. The van der Waals surface area contributed by atoms with E-state index in [0.29, 0.717) is 19.0 Å². The smallest absolute Gasteiger partial charge is 0.218 e. The molecule has 0 aromatic carbocycles. The summed E-state index contributed by atoms with van der Waals surface area (Å²) in [6, 6.07) is 1.80. The lowest BCUT2D eigenvalue weighted by Gasteiger charge is -2.22. The zero-order valence-electron chi connectivity index (χ0n) is 12.2. The van der Waals surface area contributed by atoms with E-state index >= 15 is 0 Å². The predicted octanol–water partition coefficient (Wildman–Crippen LogP) is 3.72. The van der Waals surface area contributed by atoms with Crippen molar-refractivity contribution in [1.82, 2.24) is 9.97 Å². The van der Waals surface area contributed by atoms with Crippen LogP contribution in [-0.4, -0.2) is 28.5 Å². The van der Waals surface area contributed by atoms with Gasteiger partial charge >= 0.3 is 0 Å². The highest BCUT2D eigenvalue weighted by atomic mass is 35.5. The molecule has 0 aliphatic heterocycles. The van der Waals surface area contributed by atoms with Crippen LogP contribution in [0, 0.1) is 5.41 Å². The summed E-state index contributed by atoms with van der Waals surface area (Å²) < 4.78 is 5.46. The predicted molar refractivity (Wildman–Crippen MR) is 80.0 cm³/mol. The van der Waals surface area contributed by atoms with Crippen molar-refractivity contribution in [2.24, 2.45) is 5.41 Å². The van der Waals surface area contributed by atoms with Crippen LogP contribution in [0.3, 0.4) is 0 Å². The topological polar surface area (TPSA) is 47.0 Å². The van der Waals surface area contributed by atoms with Crippen molar-refractivity contribution in [3.63, 3.8) is 0 Å². The molecule has 5 heteroatoms. The van der Waals surface area contributed by atoms with Gasteiger partial charge in [-0.3, -0.25) is 0 Å². The molecule has 1 aromatic heterocycles. The van der Waals surface area contributed by atoms with Gasteiger partial charge in [0.25, 0.3) is 0 Å². The van der Waals surface area contributed by atoms with Crippen molar-refractivity contribution in [3.05, 3.63) is 12.4 Å². The van der Waals surface area contributed by atoms with Gasteiger partial charge in [0.2, 0.25) is 5.88 Å². The van der Waals surface area contributed by atoms with E-state index in [-0.39, 0.29) is 10.8 Å². The van der Waals surface area contributed by atoms with E-state index in [2.05, 4.69) is 43.0 Å². The number of aromatic nitrogens is 2. The van der Waals surface area contributed by atoms with Gasteiger partial charge in [0.15, 0.2) is 0 Å². The molecule has 0 aliphatic carbocycles. The number of halogens is 1. The summed E-state index contributed by atoms with van der Waals surface area (Å²) in [6.07, 6.45) is 3.41. The molecule has 19 heavy (non-hydrogen) atoms. The standard InChI is InChI=1S/C14H24ClN3O/c1-5-6-19-13-7-12(17-10-18-13)16-9-11(15)8-14(2,3)4/h7,10-11H,5-6,8-9H2,1-4H3,(H,16,17,18). The Morgan fingerprint density at radius 1 is 1.37 bits per heavy atom. The van der Waals surface area contributed by atoms with Gasteiger partial charge in [-0.15, -0.1) is 11.6 Å². The fourth-order valence-electron chi connectivity index (χ4n) is 1.67. The lowest BCUT2D eigenvalue weighted by molar-refractivity contribution is 0.305. The summed E-state index contributed by atoms with van der Waals surface area (Å²) in [5.41, 5.74) is 0.231. The lowest BCUT2D eigenvalue weighted by Crippen LogP contribution is -2.21. The first-order valence-electron chi connectivity index (χ1n) is 6.73. The Bertz CT molecular complexity index is 379. The van der Waals surface area contributed by atoms with Crippen molar-refractivity contribution in [2.75, 3.05) is 18.5 Å². The second-order valence-electron chi connectivity index (χ2n) is 5.83. The minimum atomic E-state index is 0.0787. The van der Waals surface area contributed by atoms with Gasteiger partial charge in [-0.25, -0.2) is 9.97 Å². The Kier molecular flexibility index (Phi) is 6.35. The van der Waals surface area contributed by atoms with Gasteiger partial charge in [0.1, 0.15) is 12.1 Å². The Balaban J connectivity index is 2.44. The van der Waals surface area contributed by atoms with Gasteiger partial charge < -0.3 is 10.1 Å². The normalized spacial score (nSPS) is 13.1. The first-order valence-corrected chi connectivity index (χ1v) is 7.17. The molecule has 1 heterocycles. The highest BCUT2D eigenvalue weighted by molar-refractivity contribution is 6.20. The molecule has 0 saturated heterocycles. The molecule has 1 aromatic rings. The Morgan fingerprint density at radius 3 is 2.74 bits per heavy atom. The number of rotatable bonds is 7. The minimum Gasteiger partial charge on any atom is -0.478 e. The van der Waals surface area contributed by atoms with Gasteiger partial charge in [-0.05, 0) is 18.3 Å². The quantitative estimate of drug-likeness (QED) is 0.776. The van der Waals surface area contributed by atoms with Gasteiger partial charge in [0, 0.05) is 12.6 Å². The van der Waals surface area contributed by atoms with E-state index in [9.17, 15) is 0 Å². The summed E-state index contributed by atoms with van der Waals surface area (Å²) in [5, 5.41) is 3.30. The summed E-state index contributed by atoms with van der Waals surface area (Å²) in [6.45, 7) is 9.96. The highest BCUT2D eigenvalue weighted by Gasteiger charge is 2.16. The van der Waals surface area contributed by atoms with Crippen molar-refractivity contribution in [2.45, 2.75) is 45.9 Å². The van der Waals surface area contributed by atoms with Crippen LogP contribution in [0.1, 0.15) is 40.5 Å². The largest absolute Gasteiger partial charge is 0.478 e. The summed E-state index contributed by atoms with van der Waals surface area (Å²) in [4.78, 5) is 8.21. The van der Waals surface area contributed by atoms with Gasteiger partial charge in [-0.2, -0.15) is 0 Å². The van der Waals surface area contributed by atoms with Crippen LogP contribution in [0.4, 0.5) is 5.82 Å². The molecule has 0 radical (unpaired) electrons. The molecule has 0 spiro atoms. The van der Waals surface area contributed by atoms with Crippen molar-refractivity contribution in [1.29, 1.82) is 0 Å². The maximum absolute atomic E-state index is 6.30. The number of ether oxygens (including phenoxy) is 1. The Labute approximate surface area is 120 Å². The van der Waals surface area contributed by atoms with E-state index in [1.165, 1.54) is 6.33 Å². The molecule has 0 fully saturated rings. The SMILES string of the molecule is CCCOc1cc(NCC(Cl)CC(C)(C)C)ncn1. The molecular weight excluding hydrogens is 262 g/mol. The van der Waals surface area contributed by atoms with E-state index < -0.39 is 0 Å². The number of anilines is 1. The Morgan fingerprint density at radius 2 is 2.11 bits per heavy atom. The molecule has 0 amide bonds. The maximum Gasteiger partial charge on any atom is 0.218 e. The summed E-state index contributed by atoms with van der Waals surface area (Å²) >= 11 is 6.30. The van der Waals surface area contributed by atoms with E-state index in [0.717, 1.165) is 18.7 Å². The number of hydrogen-bond donors (Lipinski definition) is 1. The minimum absolute atomic E-state index is 0.0787. The number of nitrogens with zero attached hydrogens (tertiary/aromatic N) is 2. The van der Waals surface area contributed by atoms with Crippen LogP contribution in [-0.2, 0) is 0 Å². The number of alkyl halides is 1. The van der Waals surface area contributed by atoms with Crippen LogP contribution in [0.5, 0.6) is 5.88 Å². The van der Waals surface area contributed by atoms with Crippen molar-refractivity contribution < 1.29 is 4.74 Å². The van der Waals surface area contributed by atoms with Crippen LogP contribution < -0.4 is 10.1 Å². The molecule has 0 aliphatic rings. The molecule has 4 nitrogen and oxygen atoms in total. The Hall–Kier alpha value is -1.03. The monoisotopic (exact) mass is 285 g/mol. The second-order valence-corrected chi connectivity index (χ2v) is 6.45. The van der Waals surface area contributed by atoms with Crippen LogP contribution in [0.2, 0.25) is 0 Å². The average Bonchev–Trinajstić information content (AvgIpc) is 2.32. The third kappa shape index (κ3) is 7.21. The fraction of sp³-hybridized carbons (Fsp3) is 0.714. The highest BCUT2D eigenvalue weighted by Crippen LogP contribution is 2.23. The number of hydrogen-bond acceptors (Lipinski definition) is 4. The van der Waals surface area contributed by atoms with E-state index in [4.69, 9.17) is 16.3 Å². The van der Waals surface area contributed by atoms with Crippen LogP contribution in [0.15, 0.2) is 12.4 Å². The third-order valence-corrected chi connectivity index (χ3v) is 2.74. The lowest BCUT2D eigenvalue weighted by atomic mass is 9.90. The molecule has 0 bridgehead atoms. The summed E-state index contributed by atoms with van der Waals surface area (Å²) in [5.74, 6) is 1.35. The second kappa shape index (κ2) is 7.53. The molecule has 1 atom stereocenters. The van der Waals surface area contributed by atoms with Crippen molar-refractivity contribution >= 4 is 17.4 Å². The number of nitrogens with one attached hydrogen (secondary N) is 1. The van der Waals surface area contributed by atoms with E-state index in [1.54, 1.807) is 6.07 Å². The van der Waals surface area contributed by atoms with Gasteiger partial charge in [0.05, 0.1) is 12.0 Å². The fourth-order valence-corrected chi connectivity index (χ4v) is 2.21. The van der Waals surface area contributed by atoms with Gasteiger partial charge in [-0.1, -0.05) is 27.7 Å². The molecule has 1 N–H and O–H groups in total. The zero-order chi connectivity index (χ0) is 14.3. The molecule has 0 saturated carbocycles. The third-order valence-electron chi connectivity index (χ3n) is 2.43. The first kappa shape index (κ1) is 16.0. The molecule has 1 unspecified atom stereocenters. The van der Waals surface area contributed by atoms with Crippen LogP contribution in [0.25, 0.3) is 0 Å². The molecule has 1 rings (SSSR count). The summed E-state index contributed by atoms with van der Waals surface area (Å²) in [7, 11) is 0. The van der Waals surface area contributed by atoms with Crippen LogP contribution >= 0.6 is 11.6 Å². The first-order chi connectivity index (χ1) is 8.90. The molecule has 108 valence electrons. The van der Waals surface area contributed by atoms with E-state index in [1.807, 2.05) is 0 Å². The zero-order valence-corrected chi connectivity index (χ0v) is 13.0. The average molecular weight is 286 g/mol. The van der Waals surface area contributed by atoms with Crippen molar-refractivity contribution in [3.8, 4) is 5.88 Å². The molecular formula is C14H24ClN3O.